The van der Waals surface area contributed by atoms with Crippen molar-refractivity contribution in [3.8, 4) is 17.0 Å². The van der Waals surface area contributed by atoms with Crippen molar-refractivity contribution in [2.75, 3.05) is 13.7 Å². The summed E-state index contributed by atoms with van der Waals surface area (Å²) in [6, 6.07) is 8.66. The van der Waals surface area contributed by atoms with E-state index in [1.807, 2.05) is 5.38 Å². The highest BCUT2D eigenvalue weighted by molar-refractivity contribution is 7.07. The number of thiazole rings is 1. The maximum absolute atomic E-state index is 12.3. The van der Waals surface area contributed by atoms with Gasteiger partial charge in [0.1, 0.15) is 11.4 Å². The average Bonchev–Trinajstić information content (AvgIpc) is 3.14. The highest BCUT2D eigenvalue weighted by atomic mass is 32.1. The third kappa shape index (κ3) is 4.30. The van der Waals surface area contributed by atoms with Crippen molar-refractivity contribution in [1.29, 1.82) is 0 Å². The van der Waals surface area contributed by atoms with Crippen LogP contribution in [0.1, 0.15) is 16.2 Å². The lowest BCUT2D eigenvalue weighted by Crippen LogP contribution is -2.29. The molecule has 2 aromatic heterocycles. The van der Waals surface area contributed by atoms with Crippen molar-refractivity contribution < 1.29 is 9.53 Å². The van der Waals surface area contributed by atoms with Crippen molar-refractivity contribution >= 4 is 17.2 Å². The first-order valence-electron chi connectivity index (χ1n) is 7.57. The quantitative estimate of drug-likeness (QED) is 0.703. The number of amides is 1. The van der Waals surface area contributed by atoms with Gasteiger partial charge >= 0.3 is 5.69 Å². The Balaban J connectivity index is 1.73. The largest absolute Gasteiger partial charge is 0.497 e. The molecule has 7 nitrogen and oxygen atoms in total. The zero-order chi connectivity index (χ0) is 17.6. The normalized spacial score (nSPS) is 10.4. The molecule has 1 amide bonds. The van der Waals surface area contributed by atoms with Gasteiger partial charge < -0.3 is 15.0 Å². The SMILES string of the molecule is COc1ccc(-c2cc(C(=O)NCCc3cscn3)[nH]c(=O)n2)cc1. The van der Waals surface area contributed by atoms with Crippen molar-refractivity contribution in [3.63, 3.8) is 0 Å². The molecule has 25 heavy (non-hydrogen) atoms. The minimum absolute atomic E-state index is 0.170. The van der Waals surface area contributed by atoms with Crippen LogP contribution < -0.4 is 15.7 Å². The zero-order valence-electron chi connectivity index (χ0n) is 13.5. The summed E-state index contributed by atoms with van der Waals surface area (Å²) < 4.78 is 5.11. The van der Waals surface area contributed by atoms with Gasteiger partial charge in [0.15, 0.2) is 0 Å². The second-order valence-electron chi connectivity index (χ2n) is 5.20. The number of rotatable bonds is 6. The predicted octanol–water partition coefficient (Wildman–Crippen LogP) is 1.87. The van der Waals surface area contributed by atoms with E-state index in [4.69, 9.17) is 4.74 Å². The van der Waals surface area contributed by atoms with Crippen LogP contribution in [0.2, 0.25) is 0 Å². The summed E-state index contributed by atoms with van der Waals surface area (Å²) in [5.74, 6) is 0.345. The van der Waals surface area contributed by atoms with Crippen molar-refractivity contribution in [3.05, 3.63) is 63.1 Å². The molecule has 0 fully saturated rings. The van der Waals surface area contributed by atoms with Crippen molar-refractivity contribution in [2.45, 2.75) is 6.42 Å². The molecule has 0 unspecified atom stereocenters. The number of ether oxygens (including phenoxy) is 1. The molecule has 3 aromatic rings. The maximum atomic E-state index is 12.3. The maximum Gasteiger partial charge on any atom is 0.346 e. The molecular weight excluding hydrogens is 340 g/mol. The molecule has 0 aliphatic rings. The predicted molar refractivity (Wildman–Crippen MR) is 95.0 cm³/mol. The van der Waals surface area contributed by atoms with E-state index in [1.165, 1.54) is 11.3 Å². The van der Waals surface area contributed by atoms with Gasteiger partial charge in [-0.1, -0.05) is 0 Å². The number of benzene rings is 1. The molecule has 2 heterocycles. The molecule has 0 aliphatic carbocycles. The first-order chi connectivity index (χ1) is 12.2. The first-order valence-corrected chi connectivity index (χ1v) is 8.51. The van der Waals surface area contributed by atoms with E-state index in [9.17, 15) is 9.59 Å². The van der Waals surface area contributed by atoms with Crippen LogP contribution in [0.4, 0.5) is 0 Å². The standard InChI is InChI=1S/C17H16N4O3S/c1-24-13-4-2-11(3-5-13)14-8-15(21-17(23)20-14)16(22)18-7-6-12-9-25-10-19-12/h2-5,8-10H,6-7H2,1H3,(H,18,22)(H,20,21,23). The average molecular weight is 356 g/mol. The van der Waals surface area contributed by atoms with Gasteiger partial charge in [0.25, 0.3) is 5.91 Å². The van der Waals surface area contributed by atoms with E-state index in [1.54, 1.807) is 43.0 Å². The number of carbonyl (C=O) groups is 1. The number of aromatic amines is 1. The molecule has 0 spiro atoms. The lowest BCUT2D eigenvalue weighted by atomic mass is 10.1. The number of aromatic nitrogens is 3. The van der Waals surface area contributed by atoms with Crippen LogP contribution in [-0.2, 0) is 6.42 Å². The monoisotopic (exact) mass is 356 g/mol. The Kier molecular flexibility index (Phi) is 5.20. The second kappa shape index (κ2) is 7.71. The Hall–Kier alpha value is -3.00. The molecule has 0 atom stereocenters. The second-order valence-corrected chi connectivity index (χ2v) is 5.92. The van der Waals surface area contributed by atoms with Gasteiger partial charge in [-0.05, 0) is 30.3 Å². The van der Waals surface area contributed by atoms with E-state index in [0.29, 0.717) is 24.4 Å². The van der Waals surface area contributed by atoms with E-state index in [-0.39, 0.29) is 11.6 Å². The molecule has 0 saturated heterocycles. The van der Waals surface area contributed by atoms with Gasteiger partial charge in [0, 0.05) is 23.9 Å². The summed E-state index contributed by atoms with van der Waals surface area (Å²) in [6.07, 6.45) is 0.635. The summed E-state index contributed by atoms with van der Waals surface area (Å²) in [5, 5.41) is 4.70. The van der Waals surface area contributed by atoms with Crippen LogP contribution in [0.25, 0.3) is 11.3 Å². The van der Waals surface area contributed by atoms with Crippen LogP contribution in [0, 0.1) is 0 Å². The number of H-pyrrole nitrogens is 1. The summed E-state index contributed by atoms with van der Waals surface area (Å²) in [4.78, 5) is 34.6. The van der Waals surface area contributed by atoms with Crippen LogP contribution in [0.15, 0.2) is 46.0 Å². The Bertz CT molecular complexity index is 904. The molecular formula is C17H16N4O3S. The molecule has 128 valence electrons. The fourth-order valence-electron chi connectivity index (χ4n) is 2.25. The summed E-state index contributed by atoms with van der Waals surface area (Å²) >= 11 is 1.51. The number of hydrogen-bond donors (Lipinski definition) is 2. The molecule has 0 bridgehead atoms. The third-order valence-electron chi connectivity index (χ3n) is 3.53. The van der Waals surface area contributed by atoms with E-state index in [0.717, 1.165) is 11.3 Å². The highest BCUT2D eigenvalue weighted by Gasteiger charge is 2.10. The number of hydrogen-bond acceptors (Lipinski definition) is 6. The van der Waals surface area contributed by atoms with Crippen LogP contribution >= 0.6 is 11.3 Å². The highest BCUT2D eigenvalue weighted by Crippen LogP contribution is 2.20. The number of methoxy groups -OCH3 is 1. The first kappa shape index (κ1) is 16.8. The van der Waals surface area contributed by atoms with Gasteiger partial charge in [-0.25, -0.2) is 9.78 Å². The minimum atomic E-state index is -0.571. The van der Waals surface area contributed by atoms with Gasteiger partial charge in [0.2, 0.25) is 0 Å². The van der Waals surface area contributed by atoms with Gasteiger partial charge in [-0.2, -0.15) is 4.98 Å². The fraction of sp³-hybridized carbons (Fsp3) is 0.176. The van der Waals surface area contributed by atoms with Gasteiger partial charge in [-0.3, -0.25) is 4.79 Å². The lowest BCUT2D eigenvalue weighted by molar-refractivity contribution is 0.0948. The molecule has 1 aromatic carbocycles. The smallest absolute Gasteiger partial charge is 0.346 e. The number of nitrogens with zero attached hydrogens (tertiary/aromatic N) is 2. The Labute approximate surface area is 147 Å². The van der Waals surface area contributed by atoms with E-state index < -0.39 is 5.69 Å². The van der Waals surface area contributed by atoms with Crippen molar-refractivity contribution in [1.82, 2.24) is 20.3 Å². The minimum Gasteiger partial charge on any atom is -0.497 e. The molecule has 0 aliphatic heterocycles. The molecule has 2 N–H and O–H groups in total. The van der Waals surface area contributed by atoms with E-state index in [2.05, 4.69) is 20.3 Å². The Morgan fingerprint density at radius 1 is 1.32 bits per heavy atom. The summed E-state index contributed by atoms with van der Waals surface area (Å²) in [6.45, 7) is 0.435. The van der Waals surface area contributed by atoms with Crippen molar-refractivity contribution in [2.24, 2.45) is 0 Å². The number of nitrogens with one attached hydrogen (secondary N) is 2. The van der Waals surface area contributed by atoms with Crippen LogP contribution in [-0.4, -0.2) is 34.5 Å². The van der Waals surface area contributed by atoms with Crippen LogP contribution in [0.5, 0.6) is 5.75 Å². The van der Waals surface area contributed by atoms with E-state index >= 15 is 0 Å². The van der Waals surface area contributed by atoms with Gasteiger partial charge in [-0.15, -0.1) is 11.3 Å². The fourth-order valence-corrected chi connectivity index (χ4v) is 2.84. The third-order valence-corrected chi connectivity index (χ3v) is 4.16. The topological polar surface area (TPSA) is 97.0 Å². The number of carbonyl (C=O) groups excluding carboxylic acids is 1. The molecule has 0 saturated carbocycles. The Morgan fingerprint density at radius 2 is 2.12 bits per heavy atom. The molecule has 8 heteroatoms. The van der Waals surface area contributed by atoms with Crippen LogP contribution in [0.3, 0.4) is 0 Å². The Morgan fingerprint density at radius 3 is 2.80 bits per heavy atom. The molecule has 0 radical (unpaired) electrons. The zero-order valence-corrected chi connectivity index (χ0v) is 14.3. The summed E-state index contributed by atoms with van der Waals surface area (Å²) in [7, 11) is 1.58. The van der Waals surface area contributed by atoms with Gasteiger partial charge in [0.05, 0.1) is 24.0 Å². The molecule has 3 rings (SSSR count). The summed E-state index contributed by atoms with van der Waals surface area (Å²) in [5.41, 5.74) is 3.42. The lowest BCUT2D eigenvalue weighted by Gasteiger charge is -2.06.